The summed E-state index contributed by atoms with van der Waals surface area (Å²) in [5, 5.41) is 1.61. The lowest BCUT2D eigenvalue weighted by atomic mass is 10.2. The van der Waals surface area contributed by atoms with Gasteiger partial charge in [-0.25, -0.2) is 10.8 Å². The van der Waals surface area contributed by atoms with Crippen molar-refractivity contribution in [3.05, 3.63) is 36.2 Å². The molecule has 2 N–H and O–H groups in total. The van der Waals surface area contributed by atoms with Crippen LogP contribution in [-0.2, 0) is 13.6 Å². The van der Waals surface area contributed by atoms with Crippen LogP contribution in [0.25, 0.3) is 0 Å². The van der Waals surface area contributed by atoms with Gasteiger partial charge in [0.05, 0.1) is 36.8 Å². The van der Waals surface area contributed by atoms with Crippen LogP contribution in [0.3, 0.4) is 0 Å². The molecule has 0 bridgehead atoms. The molecule has 21 heavy (non-hydrogen) atoms. The number of rotatable bonds is 6. The van der Waals surface area contributed by atoms with Gasteiger partial charge in [0.1, 0.15) is 0 Å². The molecule has 0 fully saturated rings. The summed E-state index contributed by atoms with van der Waals surface area (Å²) in [6.07, 6.45) is 1.65. The van der Waals surface area contributed by atoms with Crippen molar-refractivity contribution < 1.29 is 13.6 Å². The third kappa shape index (κ3) is 4.02. The maximum Gasteiger partial charge on any atom is 0.354 e. The number of aliphatic imine (C=N–C) groups is 1. The lowest BCUT2D eigenvalue weighted by molar-refractivity contribution is 0.229. The third-order valence-electron chi connectivity index (χ3n) is 2.86. The molecule has 1 aliphatic heterocycles. The van der Waals surface area contributed by atoms with Crippen LogP contribution < -0.4 is 10.9 Å². The molecule has 0 spiro atoms. The number of hydrogen-bond donors (Lipinski definition) is 1. The summed E-state index contributed by atoms with van der Waals surface area (Å²) in [6, 6.07) is 7.60. The number of nitrogens with zero attached hydrogens (tertiary/aromatic N) is 2. The lowest BCUT2D eigenvalue weighted by Gasteiger charge is -2.24. The van der Waals surface area contributed by atoms with Gasteiger partial charge in [0.15, 0.2) is 0 Å². The zero-order valence-electron chi connectivity index (χ0n) is 12.2. The fourth-order valence-electron chi connectivity index (χ4n) is 2.00. The summed E-state index contributed by atoms with van der Waals surface area (Å²) in [5.41, 5.74) is 2.36. The van der Waals surface area contributed by atoms with Gasteiger partial charge < -0.3 is 14.1 Å². The minimum atomic E-state index is -3.21. The fourth-order valence-corrected chi connectivity index (χ4v) is 3.32. The van der Waals surface area contributed by atoms with Crippen LogP contribution in [0.15, 0.2) is 41.2 Å². The lowest BCUT2D eigenvalue weighted by Crippen LogP contribution is -2.37. The van der Waals surface area contributed by atoms with Gasteiger partial charge in [-0.3, -0.25) is 4.57 Å². The first-order valence-corrected chi connectivity index (χ1v) is 8.46. The maximum absolute atomic E-state index is 12.4. The van der Waals surface area contributed by atoms with Crippen molar-refractivity contribution in [3.8, 4) is 0 Å². The molecule has 6 nitrogen and oxygen atoms in total. The molecule has 2 rings (SSSR count). The summed E-state index contributed by atoms with van der Waals surface area (Å²) in [5.74, 6) is 7.43. The minimum Gasteiger partial charge on any atom is -0.306 e. The first-order chi connectivity index (χ1) is 10.1. The molecular formula is C14H20N3O3P. The Bertz CT molecular complexity index is 591. The van der Waals surface area contributed by atoms with Gasteiger partial charge in [-0.2, -0.15) is 0 Å². The number of hydrazine groups is 1. The van der Waals surface area contributed by atoms with Crippen LogP contribution in [-0.4, -0.2) is 25.5 Å². The minimum absolute atomic E-state index is 0.319. The first-order valence-electron chi connectivity index (χ1n) is 6.85. The van der Waals surface area contributed by atoms with E-state index < -0.39 is 7.60 Å². The first kappa shape index (κ1) is 15.9. The topological polar surface area (TPSA) is 77.2 Å². The Morgan fingerprint density at radius 3 is 2.67 bits per heavy atom. The second kappa shape index (κ2) is 7.00. The Balaban J connectivity index is 2.22. The summed E-state index contributed by atoms with van der Waals surface area (Å²) in [7, 11) is -3.21. The van der Waals surface area contributed by atoms with Gasteiger partial charge in [0.2, 0.25) is 0 Å². The molecule has 1 aliphatic rings. The van der Waals surface area contributed by atoms with Crippen molar-refractivity contribution in [2.24, 2.45) is 10.8 Å². The smallest absolute Gasteiger partial charge is 0.306 e. The third-order valence-corrected chi connectivity index (χ3v) is 4.61. The predicted molar refractivity (Wildman–Crippen MR) is 85.1 cm³/mol. The number of benzene rings is 1. The monoisotopic (exact) mass is 309 g/mol. The highest BCUT2D eigenvalue weighted by Crippen LogP contribution is 2.49. The number of anilines is 1. The molecule has 0 saturated carbocycles. The van der Waals surface area contributed by atoms with Gasteiger partial charge >= 0.3 is 7.60 Å². The van der Waals surface area contributed by atoms with E-state index in [9.17, 15) is 4.57 Å². The Kier molecular flexibility index (Phi) is 5.31. The standard InChI is InChI=1S/C14H20N3O3P/c1-3-19-21(18,20-4-2)10-9-12-11-17(15)14-8-6-5-7-13(14)16-12/h5-10H,3-4,11,15H2,1-2H3/b10-9+. The van der Waals surface area contributed by atoms with Crippen molar-refractivity contribution >= 4 is 24.7 Å². The molecule has 114 valence electrons. The van der Waals surface area contributed by atoms with Crippen LogP contribution in [0.5, 0.6) is 0 Å². The Hall–Kier alpha value is -1.46. The van der Waals surface area contributed by atoms with Crippen LogP contribution in [0.4, 0.5) is 11.4 Å². The van der Waals surface area contributed by atoms with Gasteiger partial charge in [-0.1, -0.05) is 12.1 Å². The van der Waals surface area contributed by atoms with Gasteiger partial charge in [-0.15, -0.1) is 0 Å². The van der Waals surface area contributed by atoms with E-state index in [4.69, 9.17) is 14.9 Å². The molecule has 0 amide bonds. The van der Waals surface area contributed by atoms with Crippen LogP contribution in [0.2, 0.25) is 0 Å². The SMILES string of the molecule is CCOP(=O)(/C=C/C1=Nc2ccccc2N(N)C1)OCC. The zero-order valence-corrected chi connectivity index (χ0v) is 13.1. The quantitative estimate of drug-likeness (QED) is 0.645. The second-order valence-corrected chi connectivity index (χ2v) is 6.31. The molecule has 0 aromatic heterocycles. The average molecular weight is 309 g/mol. The number of fused-ring (bicyclic) bond motifs is 1. The number of hydrogen-bond acceptors (Lipinski definition) is 6. The van der Waals surface area contributed by atoms with Crippen molar-refractivity contribution in [1.29, 1.82) is 0 Å². The summed E-state index contributed by atoms with van der Waals surface area (Å²) in [6.45, 7) is 4.62. The van der Waals surface area contributed by atoms with E-state index in [1.54, 1.807) is 24.9 Å². The molecule has 0 saturated heterocycles. The van der Waals surface area contributed by atoms with Crippen molar-refractivity contribution in [2.75, 3.05) is 24.8 Å². The summed E-state index contributed by atoms with van der Waals surface area (Å²) in [4.78, 5) is 4.50. The normalized spacial score (nSPS) is 15.2. The van der Waals surface area contributed by atoms with E-state index in [1.807, 2.05) is 24.3 Å². The molecule has 0 unspecified atom stereocenters. The maximum atomic E-state index is 12.4. The van der Waals surface area contributed by atoms with Crippen molar-refractivity contribution in [1.82, 2.24) is 0 Å². The molecule has 1 heterocycles. The van der Waals surface area contributed by atoms with E-state index in [0.29, 0.717) is 25.5 Å². The molecule has 1 aromatic rings. The molecule has 0 atom stereocenters. The van der Waals surface area contributed by atoms with E-state index in [2.05, 4.69) is 4.99 Å². The Morgan fingerprint density at radius 2 is 2.00 bits per heavy atom. The van der Waals surface area contributed by atoms with Gasteiger partial charge in [-0.05, 0) is 32.1 Å². The van der Waals surface area contributed by atoms with E-state index in [1.165, 1.54) is 5.82 Å². The number of nitrogens with two attached hydrogens (primary N) is 1. The highest BCUT2D eigenvalue weighted by Gasteiger charge is 2.20. The average Bonchev–Trinajstić information content (AvgIpc) is 2.46. The molecule has 0 aliphatic carbocycles. The van der Waals surface area contributed by atoms with Crippen molar-refractivity contribution in [2.45, 2.75) is 13.8 Å². The molecule has 7 heteroatoms. The fraction of sp³-hybridized carbons (Fsp3) is 0.357. The molecule has 0 radical (unpaired) electrons. The van der Waals surface area contributed by atoms with E-state index in [-0.39, 0.29) is 0 Å². The summed E-state index contributed by atoms with van der Waals surface area (Å²) < 4.78 is 22.8. The molecule has 1 aromatic carbocycles. The second-order valence-electron chi connectivity index (χ2n) is 4.41. The van der Waals surface area contributed by atoms with Crippen LogP contribution in [0, 0.1) is 0 Å². The van der Waals surface area contributed by atoms with Gasteiger partial charge in [0.25, 0.3) is 0 Å². The van der Waals surface area contributed by atoms with Crippen LogP contribution in [0.1, 0.15) is 13.8 Å². The molecular weight excluding hydrogens is 289 g/mol. The zero-order chi connectivity index (χ0) is 15.3. The van der Waals surface area contributed by atoms with Crippen LogP contribution >= 0.6 is 7.60 Å². The highest BCUT2D eigenvalue weighted by atomic mass is 31.2. The van der Waals surface area contributed by atoms with Crippen molar-refractivity contribution in [3.63, 3.8) is 0 Å². The largest absolute Gasteiger partial charge is 0.354 e. The van der Waals surface area contributed by atoms with Gasteiger partial charge in [0, 0.05) is 5.82 Å². The van der Waals surface area contributed by atoms with E-state index >= 15 is 0 Å². The number of para-hydroxylation sites is 2. The highest BCUT2D eigenvalue weighted by molar-refractivity contribution is 7.57. The van der Waals surface area contributed by atoms with E-state index in [0.717, 1.165) is 11.4 Å². The summed E-state index contributed by atoms with van der Waals surface area (Å²) >= 11 is 0. The Labute approximate surface area is 124 Å². The Morgan fingerprint density at radius 1 is 1.33 bits per heavy atom. The predicted octanol–water partition coefficient (Wildman–Crippen LogP) is 3.23.